The van der Waals surface area contributed by atoms with Crippen molar-refractivity contribution in [1.29, 1.82) is 0 Å². The molecule has 1 heterocycles. The third-order valence-corrected chi connectivity index (χ3v) is 7.54. The van der Waals surface area contributed by atoms with Crippen molar-refractivity contribution in [3.05, 3.63) is 24.2 Å². The van der Waals surface area contributed by atoms with Gasteiger partial charge in [0.1, 0.15) is 5.78 Å². The van der Waals surface area contributed by atoms with Gasteiger partial charge in [0.25, 0.3) is 0 Å². The van der Waals surface area contributed by atoms with Crippen molar-refractivity contribution in [2.45, 2.75) is 72.3 Å². The number of Topliss-reactive ketones (excluding diaryl/α,β-unsaturated/α-hetero) is 1. The molecule has 0 spiro atoms. The van der Waals surface area contributed by atoms with E-state index in [0.29, 0.717) is 12.2 Å². The molecule has 3 rings (SSSR count). The number of hydrogen-bond acceptors (Lipinski definition) is 3. The topological polar surface area (TPSA) is 50.4 Å². The Balaban J connectivity index is 2.00. The predicted molar refractivity (Wildman–Crippen MR) is 94.5 cm³/mol. The van der Waals surface area contributed by atoms with E-state index in [0.717, 1.165) is 31.2 Å². The fourth-order valence-corrected chi connectivity index (χ4v) is 5.95. The molecule has 2 aliphatic carbocycles. The van der Waals surface area contributed by atoms with Crippen molar-refractivity contribution in [2.75, 3.05) is 0 Å². The number of hydrogen-bond donors (Lipinski definition) is 1. The monoisotopic (exact) mass is 332 g/mol. The predicted octanol–water partition coefficient (Wildman–Crippen LogP) is 4.63. The minimum Gasteiger partial charge on any atom is -0.472 e. The van der Waals surface area contributed by atoms with Crippen molar-refractivity contribution in [2.24, 2.45) is 28.6 Å². The molecule has 0 aliphatic heterocycles. The summed E-state index contributed by atoms with van der Waals surface area (Å²) in [4.78, 5) is 13.2. The minimum absolute atomic E-state index is 0.0212. The highest BCUT2D eigenvalue weighted by atomic mass is 16.3. The van der Waals surface area contributed by atoms with Crippen LogP contribution in [0, 0.1) is 28.6 Å². The molecule has 0 saturated heterocycles. The summed E-state index contributed by atoms with van der Waals surface area (Å²) >= 11 is 0. The summed E-state index contributed by atoms with van der Waals surface area (Å²) in [5.74, 6) is 0.198. The second-order valence-electron chi connectivity index (χ2n) is 9.23. The maximum Gasteiger partial charge on any atom is 0.140 e. The number of ketones is 1. The number of fused-ring (bicyclic) bond motifs is 1. The lowest BCUT2D eigenvalue weighted by Gasteiger charge is -2.63. The Hall–Kier alpha value is -1.09. The van der Waals surface area contributed by atoms with Crippen molar-refractivity contribution in [3.63, 3.8) is 0 Å². The molecule has 134 valence electrons. The van der Waals surface area contributed by atoms with Gasteiger partial charge >= 0.3 is 0 Å². The minimum atomic E-state index is -0.819. The van der Waals surface area contributed by atoms with Gasteiger partial charge in [-0.2, -0.15) is 0 Å². The summed E-state index contributed by atoms with van der Waals surface area (Å²) in [6.07, 6.45) is 8.02. The number of furan rings is 1. The first-order chi connectivity index (χ1) is 11.1. The average Bonchev–Trinajstić information content (AvgIpc) is 3.02. The molecular formula is C21H32O3. The lowest BCUT2D eigenvalue weighted by atomic mass is 9.42. The molecule has 0 radical (unpaired) electrons. The van der Waals surface area contributed by atoms with Crippen LogP contribution in [-0.4, -0.2) is 16.5 Å². The third-order valence-electron chi connectivity index (χ3n) is 7.54. The molecule has 0 bridgehead atoms. The second-order valence-corrected chi connectivity index (χ2v) is 9.23. The normalized spacial score (nSPS) is 41.9. The Morgan fingerprint density at radius 3 is 2.58 bits per heavy atom. The number of carbonyl (C=O) groups is 1. The highest BCUT2D eigenvalue weighted by Gasteiger charge is 2.65. The summed E-state index contributed by atoms with van der Waals surface area (Å²) in [6, 6.07) is 1.97. The van der Waals surface area contributed by atoms with Crippen LogP contribution in [0.4, 0.5) is 0 Å². The van der Waals surface area contributed by atoms with Crippen LogP contribution in [0.3, 0.4) is 0 Å². The first-order valence-corrected chi connectivity index (χ1v) is 9.41. The van der Waals surface area contributed by atoms with Gasteiger partial charge in [-0.05, 0) is 48.6 Å². The van der Waals surface area contributed by atoms with Gasteiger partial charge in [0.2, 0.25) is 0 Å². The quantitative estimate of drug-likeness (QED) is 0.878. The Morgan fingerprint density at radius 1 is 1.25 bits per heavy atom. The van der Waals surface area contributed by atoms with E-state index in [4.69, 9.17) is 4.42 Å². The van der Waals surface area contributed by atoms with Gasteiger partial charge in [0, 0.05) is 17.3 Å². The molecule has 3 nitrogen and oxygen atoms in total. The Kier molecular flexibility index (Phi) is 4.23. The first kappa shape index (κ1) is 17.7. The van der Waals surface area contributed by atoms with E-state index in [-0.39, 0.29) is 28.6 Å². The maximum absolute atomic E-state index is 13.2. The number of aryl methyl sites for hydroxylation is 1. The molecule has 2 aliphatic rings. The van der Waals surface area contributed by atoms with E-state index in [2.05, 4.69) is 27.7 Å². The molecular weight excluding hydrogens is 300 g/mol. The van der Waals surface area contributed by atoms with E-state index >= 15 is 0 Å². The van der Waals surface area contributed by atoms with Crippen molar-refractivity contribution in [3.8, 4) is 0 Å². The lowest BCUT2D eigenvalue weighted by molar-refractivity contribution is -0.219. The van der Waals surface area contributed by atoms with Crippen LogP contribution in [0.2, 0.25) is 0 Å². The fraction of sp³-hybridized carbons (Fsp3) is 0.762. The third kappa shape index (κ3) is 2.39. The summed E-state index contributed by atoms with van der Waals surface area (Å²) in [5, 5.41) is 11.9. The average molecular weight is 332 g/mol. The Labute approximate surface area is 145 Å². The molecule has 5 atom stereocenters. The first-order valence-electron chi connectivity index (χ1n) is 9.41. The van der Waals surface area contributed by atoms with Crippen LogP contribution in [0.15, 0.2) is 23.0 Å². The zero-order valence-electron chi connectivity index (χ0n) is 15.8. The summed E-state index contributed by atoms with van der Waals surface area (Å²) in [6.45, 7) is 10.7. The zero-order valence-corrected chi connectivity index (χ0v) is 15.8. The van der Waals surface area contributed by atoms with Crippen LogP contribution in [-0.2, 0) is 11.2 Å². The van der Waals surface area contributed by atoms with E-state index in [1.165, 1.54) is 0 Å². The van der Waals surface area contributed by atoms with Crippen LogP contribution >= 0.6 is 0 Å². The van der Waals surface area contributed by atoms with E-state index in [9.17, 15) is 9.90 Å². The van der Waals surface area contributed by atoms with Crippen LogP contribution in [0.1, 0.15) is 65.9 Å². The van der Waals surface area contributed by atoms with Gasteiger partial charge in [0.15, 0.2) is 0 Å². The van der Waals surface area contributed by atoms with Crippen molar-refractivity contribution >= 4 is 5.78 Å². The molecule has 1 aromatic heterocycles. The molecule has 0 amide bonds. The number of aliphatic hydroxyl groups is 1. The maximum atomic E-state index is 13.2. The summed E-state index contributed by atoms with van der Waals surface area (Å²) in [5.41, 5.74) is -0.0841. The highest BCUT2D eigenvalue weighted by Crippen LogP contribution is 2.63. The van der Waals surface area contributed by atoms with E-state index < -0.39 is 5.60 Å². The molecule has 2 saturated carbocycles. The van der Waals surface area contributed by atoms with Gasteiger partial charge in [0.05, 0.1) is 18.1 Å². The summed E-state index contributed by atoms with van der Waals surface area (Å²) < 4.78 is 5.18. The highest BCUT2D eigenvalue weighted by molar-refractivity contribution is 5.86. The van der Waals surface area contributed by atoms with Gasteiger partial charge in [-0.1, -0.05) is 41.0 Å². The van der Waals surface area contributed by atoms with Crippen LogP contribution < -0.4 is 0 Å². The van der Waals surface area contributed by atoms with Crippen molar-refractivity contribution in [1.82, 2.24) is 0 Å². The number of rotatable bonds is 3. The SMILES string of the molecule is CC1C(=O)C2C(C)(C)CCCC2(C)C(O)(CCc2ccoc2)C1C. The molecule has 3 heteroatoms. The van der Waals surface area contributed by atoms with Gasteiger partial charge in [-0.3, -0.25) is 4.79 Å². The molecule has 5 unspecified atom stereocenters. The Morgan fingerprint density at radius 2 is 1.96 bits per heavy atom. The smallest absolute Gasteiger partial charge is 0.140 e. The number of carbonyl (C=O) groups excluding carboxylic acids is 1. The van der Waals surface area contributed by atoms with Gasteiger partial charge < -0.3 is 9.52 Å². The Bertz CT molecular complexity index is 603. The van der Waals surface area contributed by atoms with Crippen LogP contribution in [0.25, 0.3) is 0 Å². The van der Waals surface area contributed by atoms with E-state index in [1.807, 2.05) is 13.0 Å². The second kappa shape index (κ2) is 5.72. The molecule has 2 fully saturated rings. The molecule has 0 aromatic carbocycles. The molecule has 24 heavy (non-hydrogen) atoms. The fourth-order valence-electron chi connectivity index (χ4n) is 5.95. The van der Waals surface area contributed by atoms with Crippen molar-refractivity contribution < 1.29 is 14.3 Å². The molecule has 1 aromatic rings. The van der Waals surface area contributed by atoms with Gasteiger partial charge in [-0.15, -0.1) is 0 Å². The molecule has 1 N–H and O–H groups in total. The van der Waals surface area contributed by atoms with E-state index in [1.54, 1.807) is 12.5 Å². The largest absolute Gasteiger partial charge is 0.472 e. The summed E-state index contributed by atoms with van der Waals surface area (Å²) in [7, 11) is 0. The van der Waals surface area contributed by atoms with Gasteiger partial charge in [-0.25, -0.2) is 0 Å². The standard InChI is InChI=1S/C21H32O3/c1-14-15(2)21(23,11-7-16-8-12-24-13-16)20(5)10-6-9-19(3,4)18(20)17(14)22/h8,12-15,18,23H,6-7,9-11H2,1-5H3. The van der Waals surface area contributed by atoms with Crippen LogP contribution in [0.5, 0.6) is 0 Å². The lowest BCUT2D eigenvalue weighted by Crippen LogP contribution is -2.67. The zero-order chi connectivity index (χ0) is 17.8.